The van der Waals surface area contributed by atoms with E-state index in [9.17, 15) is 8.78 Å². The van der Waals surface area contributed by atoms with E-state index in [4.69, 9.17) is 14.2 Å². The molecule has 0 radical (unpaired) electrons. The Morgan fingerprint density at radius 1 is 0.784 bits per heavy atom. The zero-order chi connectivity index (χ0) is 26.3. The van der Waals surface area contributed by atoms with Crippen LogP contribution in [0, 0.1) is 17.6 Å². The summed E-state index contributed by atoms with van der Waals surface area (Å²) in [6.07, 6.45) is 16.6. The third-order valence-electron chi connectivity index (χ3n) is 7.07. The molecular weight excluding hydrogens is 472 g/mol. The Bertz CT molecular complexity index is 898. The van der Waals surface area contributed by atoms with Crippen molar-refractivity contribution in [1.29, 1.82) is 0 Å². The van der Waals surface area contributed by atoms with Crippen molar-refractivity contribution in [3.63, 3.8) is 0 Å². The SMILES string of the molecule is CCCCCCCCOc1ccc(-c2ccc([C@H]3OC[C@H](CCCCCCCC)CO3)cn2)c(F)c1F. The maximum absolute atomic E-state index is 14.8. The Morgan fingerprint density at radius 3 is 2.08 bits per heavy atom. The van der Waals surface area contributed by atoms with E-state index in [1.807, 2.05) is 0 Å². The van der Waals surface area contributed by atoms with Crippen molar-refractivity contribution in [2.75, 3.05) is 19.8 Å². The van der Waals surface area contributed by atoms with Gasteiger partial charge in [-0.2, -0.15) is 4.39 Å². The van der Waals surface area contributed by atoms with Crippen LogP contribution >= 0.6 is 0 Å². The van der Waals surface area contributed by atoms with E-state index in [1.165, 1.54) is 69.9 Å². The number of ether oxygens (including phenoxy) is 3. The van der Waals surface area contributed by atoms with Crippen LogP contribution in [0.5, 0.6) is 5.75 Å². The molecule has 1 aliphatic heterocycles. The van der Waals surface area contributed by atoms with E-state index in [1.54, 1.807) is 18.3 Å². The molecule has 0 unspecified atom stereocenters. The highest BCUT2D eigenvalue weighted by molar-refractivity contribution is 5.61. The van der Waals surface area contributed by atoms with Crippen molar-refractivity contribution in [3.05, 3.63) is 47.7 Å². The molecule has 0 saturated carbocycles. The number of hydrogen-bond donors (Lipinski definition) is 0. The topological polar surface area (TPSA) is 40.6 Å². The average Bonchev–Trinajstić information content (AvgIpc) is 2.93. The Kier molecular flexibility index (Phi) is 13.3. The van der Waals surface area contributed by atoms with Crippen molar-refractivity contribution < 1.29 is 23.0 Å². The number of hydrogen-bond acceptors (Lipinski definition) is 4. The molecule has 1 aromatic heterocycles. The van der Waals surface area contributed by atoms with Gasteiger partial charge in [0.2, 0.25) is 5.82 Å². The van der Waals surface area contributed by atoms with Gasteiger partial charge in [-0.3, -0.25) is 4.98 Å². The van der Waals surface area contributed by atoms with E-state index in [0.29, 0.717) is 31.4 Å². The molecule has 0 aliphatic carbocycles. The van der Waals surface area contributed by atoms with E-state index < -0.39 is 17.9 Å². The monoisotopic (exact) mass is 517 g/mol. The maximum Gasteiger partial charge on any atom is 0.201 e. The molecule has 0 amide bonds. The molecule has 4 nitrogen and oxygen atoms in total. The molecule has 1 saturated heterocycles. The van der Waals surface area contributed by atoms with Crippen molar-refractivity contribution in [2.45, 2.75) is 104 Å². The number of pyridine rings is 1. The quantitative estimate of drug-likeness (QED) is 0.196. The van der Waals surface area contributed by atoms with Crippen LogP contribution < -0.4 is 4.74 Å². The average molecular weight is 518 g/mol. The summed E-state index contributed by atoms with van der Waals surface area (Å²) in [7, 11) is 0. The largest absolute Gasteiger partial charge is 0.490 e. The zero-order valence-corrected chi connectivity index (χ0v) is 22.8. The minimum Gasteiger partial charge on any atom is -0.490 e. The molecule has 2 aromatic rings. The van der Waals surface area contributed by atoms with Crippen LogP contribution in [-0.2, 0) is 9.47 Å². The van der Waals surface area contributed by atoms with Crippen LogP contribution in [0.3, 0.4) is 0 Å². The van der Waals surface area contributed by atoms with Crippen molar-refractivity contribution in [2.24, 2.45) is 5.92 Å². The van der Waals surface area contributed by atoms with Crippen LogP contribution in [0.1, 0.15) is 109 Å². The van der Waals surface area contributed by atoms with Gasteiger partial charge in [-0.25, -0.2) is 4.39 Å². The predicted molar refractivity (Wildman–Crippen MR) is 145 cm³/mol. The van der Waals surface area contributed by atoms with Crippen LogP contribution in [0.25, 0.3) is 11.3 Å². The Hall–Kier alpha value is -2.05. The summed E-state index contributed by atoms with van der Waals surface area (Å²) in [4.78, 5) is 4.36. The minimum atomic E-state index is -0.968. The zero-order valence-electron chi connectivity index (χ0n) is 22.8. The van der Waals surface area contributed by atoms with Gasteiger partial charge >= 0.3 is 0 Å². The molecule has 0 bridgehead atoms. The highest BCUT2D eigenvalue weighted by Gasteiger charge is 2.24. The summed E-state index contributed by atoms with van der Waals surface area (Å²) >= 11 is 0. The lowest BCUT2D eigenvalue weighted by atomic mass is 10.0. The van der Waals surface area contributed by atoms with Gasteiger partial charge < -0.3 is 14.2 Å². The van der Waals surface area contributed by atoms with E-state index in [-0.39, 0.29) is 11.3 Å². The third-order valence-corrected chi connectivity index (χ3v) is 7.07. The van der Waals surface area contributed by atoms with Gasteiger partial charge in [0.25, 0.3) is 0 Å². The van der Waals surface area contributed by atoms with Gasteiger partial charge in [-0.1, -0.05) is 90.5 Å². The maximum atomic E-state index is 14.8. The number of unbranched alkanes of at least 4 members (excludes halogenated alkanes) is 10. The smallest absolute Gasteiger partial charge is 0.201 e. The van der Waals surface area contributed by atoms with Gasteiger partial charge in [-0.05, 0) is 31.0 Å². The summed E-state index contributed by atoms with van der Waals surface area (Å²) in [6.45, 7) is 6.14. The molecule has 1 fully saturated rings. The molecule has 0 spiro atoms. The Balaban J connectivity index is 1.45. The molecule has 2 heterocycles. The molecule has 206 valence electrons. The van der Waals surface area contributed by atoms with Gasteiger partial charge in [0, 0.05) is 23.2 Å². The van der Waals surface area contributed by atoms with Gasteiger partial charge in [-0.15, -0.1) is 0 Å². The van der Waals surface area contributed by atoms with Gasteiger partial charge in [0.1, 0.15) is 0 Å². The molecule has 1 aromatic carbocycles. The Morgan fingerprint density at radius 2 is 1.43 bits per heavy atom. The lowest BCUT2D eigenvalue weighted by Gasteiger charge is -2.29. The molecule has 37 heavy (non-hydrogen) atoms. The fourth-order valence-electron chi connectivity index (χ4n) is 4.73. The lowest BCUT2D eigenvalue weighted by molar-refractivity contribution is -0.206. The first-order valence-corrected chi connectivity index (χ1v) is 14.4. The number of rotatable bonds is 17. The summed E-state index contributed by atoms with van der Waals surface area (Å²) in [6, 6.07) is 6.50. The number of nitrogens with zero attached hydrogens (tertiary/aromatic N) is 1. The van der Waals surface area contributed by atoms with Crippen LogP contribution in [0.15, 0.2) is 30.5 Å². The molecule has 6 heteroatoms. The fourth-order valence-corrected chi connectivity index (χ4v) is 4.73. The number of halogens is 2. The first-order chi connectivity index (χ1) is 18.1. The van der Waals surface area contributed by atoms with Crippen LogP contribution in [-0.4, -0.2) is 24.8 Å². The summed E-state index contributed by atoms with van der Waals surface area (Å²) in [5.41, 5.74) is 1.25. The summed E-state index contributed by atoms with van der Waals surface area (Å²) < 4.78 is 46.8. The molecule has 3 rings (SSSR count). The van der Waals surface area contributed by atoms with E-state index >= 15 is 0 Å². The molecular formula is C31H45F2NO3. The highest BCUT2D eigenvalue weighted by Crippen LogP contribution is 2.31. The normalized spacial score (nSPS) is 17.7. The second-order valence-corrected chi connectivity index (χ2v) is 10.3. The Labute approximate surface area is 222 Å². The van der Waals surface area contributed by atoms with Crippen LogP contribution in [0.2, 0.25) is 0 Å². The predicted octanol–water partition coefficient (Wildman–Crippen LogP) is 9.18. The van der Waals surface area contributed by atoms with Gasteiger partial charge in [0.05, 0.1) is 25.5 Å². The van der Waals surface area contributed by atoms with Crippen molar-refractivity contribution in [3.8, 4) is 17.0 Å². The molecule has 0 atom stereocenters. The lowest BCUT2D eigenvalue weighted by Crippen LogP contribution is -2.27. The van der Waals surface area contributed by atoms with Gasteiger partial charge in [0.15, 0.2) is 17.9 Å². The molecule has 0 N–H and O–H groups in total. The standard InChI is InChI=1S/C31H45F2NO3/c1-3-5-7-9-11-13-15-24-22-36-31(37-23-24)25-16-18-27(34-21-25)26-17-19-28(30(33)29(26)32)35-20-14-12-10-8-6-4-2/h16-19,21,24,31H,3-15,20,22-23H2,1-2H3/t24-,31-. The summed E-state index contributed by atoms with van der Waals surface area (Å²) in [5, 5.41) is 0. The van der Waals surface area contributed by atoms with Crippen LogP contribution in [0.4, 0.5) is 8.78 Å². The fraction of sp³-hybridized carbons (Fsp3) is 0.645. The highest BCUT2D eigenvalue weighted by atomic mass is 19.2. The van der Waals surface area contributed by atoms with E-state index in [2.05, 4.69) is 18.8 Å². The van der Waals surface area contributed by atoms with Crippen molar-refractivity contribution >= 4 is 0 Å². The summed E-state index contributed by atoms with van der Waals surface area (Å²) in [5.74, 6) is -1.53. The number of benzene rings is 1. The number of aromatic nitrogens is 1. The molecule has 1 aliphatic rings. The first kappa shape index (κ1) is 29.5. The minimum absolute atomic E-state index is 0.0500. The second-order valence-electron chi connectivity index (χ2n) is 10.3. The third kappa shape index (κ3) is 9.64. The first-order valence-electron chi connectivity index (χ1n) is 14.4. The van der Waals surface area contributed by atoms with E-state index in [0.717, 1.165) is 31.2 Å². The van der Waals surface area contributed by atoms with Crippen molar-refractivity contribution in [1.82, 2.24) is 4.98 Å². The second kappa shape index (κ2) is 16.7.